The van der Waals surface area contributed by atoms with Crippen molar-refractivity contribution in [1.29, 1.82) is 0 Å². The lowest BCUT2D eigenvalue weighted by Gasteiger charge is -2.38. The van der Waals surface area contributed by atoms with Gasteiger partial charge in [-0.15, -0.1) is 11.3 Å². The summed E-state index contributed by atoms with van der Waals surface area (Å²) in [6.07, 6.45) is 4.53. The summed E-state index contributed by atoms with van der Waals surface area (Å²) >= 11 is 1.75. The van der Waals surface area contributed by atoms with Crippen molar-refractivity contribution in [3.8, 4) is 0 Å². The van der Waals surface area contributed by atoms with E-state index in [0.717, 1.165) is 24.3 Å². The SMILES string of the molecule is CC(C)(C)C1CCC(C(O)c2cccc3ccsc23)CC1. The van der Waals surface area contributed by atoms with Gasteiger partial charge >= 0.3 is 0 Å². The molecule has 0 saturated heterocycles. The molecule has 0 amide bonds. The number of hydrogen-bond acceptors (Lipinski definition) is 2. The quantitative estimate of drug-likeness (QED) is 0.744. The molecule has 1 N–H and O–H groups in total. The zero-order chi connectivity index (χ0) is 15.0. The summed E-state index contributed by atoms with van der Waals surface area (Å²) in [6.45, 7) is 7.04. The smallest absolute Gasteiger partial charge is 0.0832 e. The van der Waals surface area contributed by atoms with Gasteiger partial charge in [-0.3, -0.25) is 0 Å². The molecule has 2 aromatic rings. The fourth-order valence-electron chi connectivity index (χ4n) is 3.80. The highest BCUT2D eigenvalue weighted by Gasteiger charge is 2.33. The summed E-state index contributed by atoms with van der Waals surface area (Å²) in [5, 5.41) is 14.2. The molecule has 0 spiro atoms. The Bertz CT molecular complexity index is 599. The molecular weight excluding hydrogens is 276 g/mol. The molecule has 1 saturated carbocycles. The van der Waals surface area contributed by atoms with E-state index >= 15 is 0 Å². The van der Waals surface area contributed by atoms with Crippen LogP contribution in [-0.2, 0) is 0 Å². The van der Waals surface area contributed by atoms with Gasteiger partial charge in [0.2, 0.25) is 0 Å². The number of aliphatic hydroxyl groups is 1. The standard InChI is InChI=1S/C19H26OS/c1-19(2,3)15-9-7-13(8-10-15)17(20)16-6-4-5-14-11-12-21-18(14)16/h4-6,11-13,15,17,20H,7-10H2,1-3H3. The van der Waals surface area contributed by atoms with E-state index in [0.29, 0.717) is 11.3 Å². The van der Waals surface area contributed by atoms with E-state index in [1.54, 1.807) is 11.3 Å². The van der Waals surface area contributed by atoms with Crippen molar-refractivity contribution < 1.29 is 5.11 Å². The minimum absolute atomic E-state index is 0.298. The van der Waals surface area contributed by atoms with Gasteiger partial charge in [0.1, 0.15) is 0 Å². The van der Waals surface area contributed by atoms with Gasteiger partial charge in [0, 0.05) is 4.70 Å². The predicted molar refractivity (Wildman–Crippen MR) is 91.7 cm³/mol. The van der Waals surface area contributed by atoms with Crippen LogP contribution in [0.4, 0.5) is 0 Å². The Labute approximate surface area is 132 Å². The highest BCUT2D eigenvalue weighted by Crippen LogP contribution is 2.44. The molecule has 1 nitrogen and oxygen atoms in total. The van der Waals surface area contributed by atoms with Crippen LogP contribution in [0.3, 0.4) is 0 Å². The summed E-state index contributed by atoms with van der Waals surface area (Å²) in [5.74, 6) is 1.23. The maximum absolute atomic E-state index is 10.9. The van der Waals surface area contributed by atoms with E-state index in [9.17, 15) is 5.11 Å². The highest BCUT2D eigenvalue weighted by atomic mass is 32.1. The number of fused-ring (bicyclic) bond motifs is 1. The molecule has 3 rings (SSSR count). The maximum atomic E-state index is 10.9. The molecule has 1 fully saturated rings. The van der Waals surface area contributed by atoms with Crippen LogP contribution < -0.4 is 0 Å². The van der Waals surface area contributed by atoms with Crippen molar-refractivity contribution in [1.82, 2.24) is 0 Å². The largest absolute Gasteiger partial charge is 0.388 e. The van der Waals surface area contributed by atoms with Crippen molar-refractivity contribution in [3.05, 3.63) is 35.2 Å². The van der Waals surface area contributed by atoms with Crippen LogP contribution in [0.25, 0.3) is 10.1 Å². The Hall–Kier alpha value is -0.860. The Kier molecular flexibility index (Phi) is 4.11. The second-order valence-corrected chi connectivity index (χ2v) is 8.52. The fraction of sp³-hybridized carbons (Fsp3) is 0.579. The number of benzene rings is 1. The van der Waals surface area contributed by atoms with Crippen molar-refractivity contribution >= 4 is 21.4 Å². The molecule has 114 valence electrons. The lowest BCUT2D eigenvalue weighted by Crippen LogP contribution is -2.28. The monoisotopic (exact) mass is 302 g/mol. The molecule has 2 heteroatoms. The molecule has 1 atom stereocenters. The molecule has 1 unspecified atom stereocenters. The molecule has 21 heavy (non-hydrogen) atoms. The third-order valence-corrected chi connectivity index (χ3v) is 6.25. The van der Waals surface area contributed by atoms with Crippen molar-refractivity contribution in [2.24, 2.45) is 17.3 Å². The molecular formula is C19H26OS. The molecule has 1 heterocycles. The summed E-state index contributed by atoms with van der Waals surface area (Å²) in [5.41, 5.74) is 1.55. The molecule has 0 aliphatic heterocycles. The molecule has 0 bridgehead atoms. The average molecular weight is 302 g/mol. The van der Waals surface area contributed by atoms with E-state index in [2.05, 4.69) is 50.4 Å². The van der Waals surface area contributed by atoms with Crippen LogP contribution in [0.2, 0.25) is 0 Å². The third-order valence-electron chi connectivity index (χ3n) is 5.27. The zero-order valence-corrected chi connectivity index (χ0v) is 14.1. The highest BCUT2D eigenvalue weighted by molar-refractivity contribution is 7.17. The first kappa shape index (κ1) is 15.1. The first-order chi connectivity index (χ1) is 9.97. The molecule has 1 aliphatic rings. The molecule has 0 radical (unpaired) electrons. The van der Waals surface area contributed by atoms with Crippen LogP contribution >= 0.6 is 11.3 Å². The first-order valence-electron chi connectivity index (χ1n) is 8.11. The average Bonchev–Trinajstić information content (AvgIpc) is 2.94. The summed E-state index contributed by atoms with van der Waals surface area (Å²) in [6, 6.07) is 8.47. The molecule has 1 aromatic heterocycles. The van der Waals surface area contributed by atoms with E-state index in [4.69, 9.17) is 0 Å². The van der Waals surface area contributed by atoms with Gasteiger partial charge in [-0.05, 0) is 65.3 Å². The Morgan fingerprint density at radius 3 is 2.48 bits per heavy atom. The maximum Gasteiger partial charge on any atom is 0.0832 e. The summed E-state index contributed by atoms with van der Waals surface area (Å²) < 4.78 is 1.27. The van der Waals surface area contributed by atoms with E-state index < -0.39 is 0 Å². The lowest BCUT2D eigenvalue weighted by molar-refractivity contribution is 0.0538. The van der Waals surface area contributed by atoms with Crippen LogP contribution in [-0.4, -0.2) is 5.11 Å². The van der Waals surface area contributed by atoms with E-state index in [-0.39, 0.29) is 6.10 Å². The number of hydrogen-bond donors (Lipinski definition) is 1. The Balaban J connectivity index is 1.75. The van der Waals surface area contributed by atoms with E-state index in [1.165, 1.54) is 22.9 Å². The van der Waals surface area contributed by atoms with Gasteiger partial charge in [-0.1, -0.05) is 39.0 Å². The summed E-state index contributed by atoms with van der Waals surface area (Å²) in [4.78, 5) is 0. The van der Waals surface area contributed by atoms with Crippen LogP contribution in [0.5, 0.6) is 0 Å². The van der Waals surface area contributed by atoms with Gasteiger partial charge in [0.05, 0.1) is 6.10 Å². The van der Waals surface area contributed by atoms with Gasteiger partial charge < -0.3 is 5.11 Å². The van der Waals surface area contributed by atoms with Gasteiger partial charge in [-0.25, -0.2) is 0 Å². The number of aliphatic hydroxyl groups excluding tert-OH is 1. The Morgan fingerprint density at radius 2 is 1.81 bits per heavy atom. The van der Waals surface area contributed by atoms with Crippen molar-refractivity contribution in [2.75, 3.05) is 0 Å². The normalized spacial score (nSPS) is 25.1. The van der Waals surface area contributed by atoms with Gasteiger partial charge in [0.15, 0.2) is 0 Å². The molecule has 1 aromatic carbocycles. The lowest BCUT2D eigenvalue weighted by atomic mass is 9.68. The fourth-order valence-corrected chi connectivity index (χ4v) is 4.75. The van der Waals surface area contributed by atoms with E-state index in [1.807, 2.05) is 0 Å². The number of thiophene rings is 1. The first-order valence-corrected chi connectivity index (χ1v) is 8.99. The van der Waals surface area contributed by atoms with Crippen LogP contribution in [0, 0.1) is 17.3 Å². The van der Waals surface area contributed by atoms with Crippen molar-refractivity contribution in [2.45, 2.75) is 52.6 Å². The van der Waals surface area contributed by atoms with Gasteiger partial charge in [-0.2, -0.15) is 0 Å². The molecule has 1 aliphatic carbocycles. The Morgan fingerprint density at radius 1 is 1.10 bits per heavy atom. The summed E-state index contributed by atoms with van der Waals surface area (Å²) in [7, 11) is 0. The minimum atomic E-state index is -0.298. The topological polar surface area (TPSA) is 20.2 Å². The minimum Gasteiger partial charge on any atom is -0.388 e. The van der Waals surface area contributed by atoms with Gasteiger partial charge in [0.25, 0.3) is 0 Å². The van der Waals surface area contributed by atoms with Crippen LogP contribution in [0.1, 0.15) is 58.1 Å². The zero-order valence-electron chi connectivity index (χ0n) is 13.3. The third kappa shape index (κ3) is 3.02. The van der Waals surface area contributed by atoms with Crippen LogP contribution in [0.15, 0.2) is 29.6 Å². The number of rotatable bonds is 2. The predicted octanol–water partition coefficient (Wildman–Crippen LogP) is 5.79. The second kappa shape index (κ2) is 5.73. The van der Waals surface area contributed by atoms with Crippen molar-refractivity contribution in [3.63, 3.8) is 0 Å². The second-order valence-electron chi connectivity index (χ2n) is 7.61.